The van der Waals surface area contributed by atoms with Gasteiger partial charge in [0.2, 0.25) is 6.79 Å². The van der Waals surface area contributed by atoms with Crippen molar-refractivity contribution in [2.45, 2.75) is 46.6 Å². The molecule has 1 aromatic heterocycles. The Morgan fingerprint density at radius 2 is 2.11 bits per heavy atom. The molecule has 0 bridgehead atoms. The summed E-state index contributed by atoms with van der Waals surface area (Å²) in [7, 11) is 0. The fraction of sp³-hybridized carbons (Fsp3) is 0.524. The van der Waals surface area contributed by atoms with Gasteiger partial charge in [-0.05, 0) is 56.2 Å². The number of carbonyl (C=O) groups excluding carboxylic acids is 1. The van der Waals surface area contributed by atoms with E-state index in [9.17, 15) is 4.79 Å². The molecule has 2 aliphatic heterocycles. The third-order valence-electron chi connectivity index (χ3n) is 5.77. The summed E-state index contributed by atoms with van der Waals surface area (Å²) < 4.78 is 12.8. The van der Waals surface area contributed by atoms with Crippen LogP contribution in [0.2, 0.25) is 0 Å². The van der Waals surface area contributed by atoms with Gasteiger partial charge in [-0.3, -0.25) is 9.48 Å². The molecule has 3 heterocycles. The predicted octanol–water partition coefficient (Wildman–Crippen LogP) is 3.43. The lowest BCUT2D eigenvalue weighted by atomic mass is 9.76. The summed E-state index contributed by atoms with van der Waals surface area (Å²) in [4.78, 5) is 15.1. The number of ether oxygens (including phenoxy) is 2. The van der Waals surface area contributed by atoms with Gasteiger partial charge in [-0.1, -0.05) is 13.0 Å². The van der Waals surface area contributed by atoms with Crippen LogP contribution in [-0.4, -0.2) is 40.5 Å². The second-order valence-corrected chi connectivity index (χ2v) is 7.96. The van der Waals surface area contributed by atoms with E-state index in [-0.39, 0.29) is 11.3 Å². The maximum absolute atomic E-state index is 13.1. The van der Waals surface area contributed by atoms with Crippen molar-refractivity contribution in [3.05, 3.63) is 41.2 Å². The highest BCUT2D eigenvalue weighted by Crippen LogP contribution is 2.38. The standard InChI is InChI=1S/C21H27N3O3/c1-4-24-15(2)17(12-22-24)20(25)23-9-5-8-21(3,13-23)11-16-6-7-18-19(10-16)27-14-26-18/h6-7,10,12H,4-5,8-9,11,13-14H2,1-3H3/t21-/m0/s1. The Kier molecular flexibility index (Phi) is 4.58. The summed E-state index contributed by atoms with van der Waals surface area (Å²) in [5.41, 5.74) is 2.96. The number of aromatic nitrogens is 2. The average Bonchev–Trinajstić information content (AvgIpc) is 3.26. The minimum Gasteiger partial charge on any atom is -0.454 e. The molecule has 0 saturated carbocycles. The molecule has 0 radical (unpaired) electrons. The van der Waals surface area contributed by atoms with E-state index in [1.54, 1.807) is 6.20 Å². The van der Waals surface area contributed by atoms with E-state index in [1.807, 2.05) is 29.5 Å². The van der Waals surface area contributed by atoms with Crippen LogP contribution in [0.25, 0.3) is 0 Å². The SMILES string of the molecule is CCn1ncc(C(=O)N2CCC[C@@](C)(Cc3ccc4c(c3)OCO4)C2)c1C. The Balaban J connectivity index is 1.49. The van der Waals surface area contributed by atoms with Crippen LogP contribution in [0.1, 0.15) is 48.3 Å². The maximum atomic E-state index is 13.1. The van der Waals surface area contributed by atoms with Crippen molar-refractivity contribution in [2.24, 2.45) is 5.41 Å². The van der Waals surface area contributed by atoms with Crippen molar-refractivity contribution in [2.75, 3.05) is 19.9 Å². The van der Waals surface area contributed by atoms with Gasteiger partial charge in [-0.25, -0.2) is 0 Å². The zero-order valence-electron chi connectivity index (χ0n) is 16.3. The monoisotopic (exact) mass is 369 g/mol. The van der Waals surface area contributed by atoms with Crippen molar-refractivity contribution in [3.63, 3.8) is 0 Å². The summed E-state index contributed by atoms with van der Waals surface area (Å²) in [6.45, 7) is 8.93. The lowest BCUT2D eigenvalue weighted by molar-refractivity contribution is 0.0550. The van der Waals surface area contributed by atoms with E-state index in [1.165, 1.54) is 5.56 Å². The molecular formula is C21H27N3O3. The number of hydrogen-bond donors (Lipinski definition) is 0. The number of nitrogens with zero attached hydrogens (tertiary/aromatic N) is 3. The molecule has 4 rings (SSSR count). The summed E-state index contributed by atoms with van der Waals surface area (Å²) >= 11 is 0. The van der Waals surface area contributed by atoms with Crippen molar-refractivity contribution in [1.82, 2.24) is 14.7 Å². The summed E-state index contributed by atoms with van der Waals surface area (Å²) in [6.07, 6.45) is 4.76. The quantitative estimate of drug-likeness (QED) is 0.829. The molecule has 0 aliphatic carbocycles. The number of aryl methyl sites for hydroxylation is 1. The number of fused-ring (bicyclic) bond motifs is 1. The van der Waals surface area contributed by atoms with Gasteiger partial charge in [0, 0.05) is 25.3 Å². The summed E-state index contributed by atoms with van der Waals surface area (Å²) in [6, 6.07) is 6.16. The smallest absolute Gasteiger partial charge is 0.257 e. The molecule has 144 valence electrons. The molecule has 0 unspecified atom stereocenters. The molecule has 1 saturated heterocycles. The number of amides is 1. The van der Waals surface area contributed by atoms with E-state index in [0.717, 1.165) is 61.7 Å². The van der Waals surface area contributed by atoms with Crippen molar-refractivity contribution in [1.29, 1.82) is 0 Å². The highest BCUT2D eigenvalue weighted by molar-refractivity contribution is 5.95. The van der Waals surface area contributed by atoms with Gasteiger partial charge in [-0.15, -0.1) is 0 Å². The van der Waals surface area contributed by atoms with Crippen LogP contribution in [0.3, 0.4) is 0 Å². The first-order valence-electron chi connectivity index (χ1n) is 9.69. The molecule has 2 aromatic rings. The van der Waals surface area contributed by atoms with Crippen LogP contribution in [0, 0.1) is 12.3 Å². The van der Waals surface area contributed by atoms with Crippen LogP contribution >= 0.6 is 0 Å². The van der Waals surface area contributed by atoms with Crippen LogP contribution in [-0.2, 0) is 13.0 Å². The molecule has 6 nitrogen and oxygen atoms in total. The maximum Gasteiger partial charge on any atom is 0.257 e. The molecule has 6 heteroatoms. The van der Waals surface area contributed by atoms with Gasteiger partial charge >= 0.3 is 0 Å². The molecule has 0 spiro atoms. The van der Waals surface area contributed by atoms with Gasteiger partial charge in [0.05, 0.1) is 11.8 Å². The van der Waals surface area contributed by atoms with Crippen LogP contribution in [0.15, 0.2) is 24.4 Å². The van der Waals surface area contributed by atoms with Gasteiger partial charge < -0.3 is 14.4 Å². The van der Waals surface area contributed by atoms with E-state index < -0.39 is 0 Å². The van der Waals surface area contributed by atoms with E-state index in [2.05, 4.69) is 24.2 Å². The fourth-order valence-corrected chi connectivity index (χ4v) is 4.32. The zero-order valence-corrected chi connectivity index (χ0v) is 16.3. The van der Waals surface area contributed by atoms with Crippen LogP contribution < -0.4 is 9.47 Å². The number of likely N-dealkylation sites (tertiary alicyclic amines) is 1. The Hall–Kier alpha value is -2.50. The topological polar surface area (TPSA) is 56.6 Å². The zero-order chi connectivity index (χ0) is 19.0. The minimum absolute atomic E-state index is 0.0518. The highest BCUT2D eigenvalue weighted by Gasteiger charge is 2.34. The molecule has 0 N–H and O–H groups in total. The van der Waals surface area contributed by atoms with Gasteiger partial charge in [0.15, 0.2) is 11.5 Å². The number of piperidine rings is 1. The number of carbonyl (C=O) groups is 1. The normalized spacial score (nSPS) is 21.5. The number of hydrogen-bond acceptors (Lipinski definition) is 4. The summed E-state index contributed by atoms with van der Waals surface area (Å²) in [5.74, 6) is 1.74. The van der Waals surface area contributed by atoms with Crippen molar-refractivity contribution in [3.8, 4) is 11.5 Å². The molecule has 1 aromatic carbocycles. The molecule has 27 heavy (non-hydrogen) atoms. The summed E-state index contributed by atoms with van der Waals surface area (Å²) in [5, 5.41) is 4.33. The van der Waals surface area contributed by atoms with Crippen molar-refractivity contribution < 1.29 is 14.3 Å². The van der Waals surface area contributed by atoms with Crippen LogP contribution in [0.4, 0.5) is 0 Å². The molecule has 1 atom stereocenters. The van der Waals surface area contributed by atoms with Gasteiger partial charge in [-0.2, -0.15) is 5.10 Å². The van der Waals surface area contributed by atoms with Gasteiger partial charge in [0.1, 0.15) is 0 Å². The predicted molar refractivity (Wildman–Crippen MR) is 102 cm³/mol. The molecular weight excluding hydrogens is 342 g/mol. The lowest BCUT2D eigenvalue weighted by Gasteiger charge is -2.40. The minimum atomic E-state index is 0.0518. The van der Waals surface area contributed by atoms with Crippen molar-refractivity contribution >= 4 is 5.91 Å². The van der Waals surface area contributed by atoms with E-state index in [0.29, 0.717) is 6.79 Å². The second-order valence-electron chi connectivity index (χ2n) is 7.96. The van der Waals surface area contributed by atoms with E-state index >= 15 is 0 Å². The Labute approximate surface area is 160 Å². The Bertz CT molecular complexity index is 860. The Morgan fingerprint density at radius 3 is 2.89 bits per heavy atom. The first-order valence-corrected chi connectivity index (χ1v) is 9.69. The average molecular weight is 369 g/mol. The third-order valence-corrected chi connectivity index (χ3v) is 5.77. The highest BCUT2D eigenvalue weighted by atomic mass is 16.7. The molecule has 1 amide bonds. The number of benzene rings is 1. The Morgan fingerprint density at radius 1 is 1.30 bits per heavy atom. The first kappa shape index (κ1) is 17.9. The molecule has 2 aliphatic rings. The van der Waals surface area contributed by atoms with Gasteiger partial charge in [0.25, 0.3) is 5.91 Å². The van der Waals surface area contributed by atoms with Crippen LogP contribution in [0.5, 0.6) is 11.5 Å². The molecule has 1 fully saturated rings. The lowest BCUT2D eigenvalue weighted by Crippen LogP contribution is -2.45. The second kappa shape index (κ2) is 6.91. The third kappa shape index (κ3) is 3.40. The van der Waals surface area contributed by atoms with E-state index in [4.69, 9.17) is 9.47 Å². The number of rotatable bonds is 4. The first-order chi connectivity index (χ1) is 13.0. The largest absolute Gasteiger partial charge is 0.454 e. The fourth-order valence-electron chi connectivity index (χ4n) is 4.32.